The Morgan fingerprint density at radius 1 is 1.67 bits per heavy atom. The van der Waals surface area contributed by atoms with Crippen LogP contribution in [0.3, 0.4) is 0 Å². The quantitative estimate of drug-likeness (QED) is 0.510. The number of carbonyl (C=O) groups is 1. The summed E-state index contributed by atoms with van der Waals surface area (Å²) < 4.78 is 4.67. The molecule has 0 amide bonds. The molecule has 0 aromatic carbocycles. The van der Waals surface area contributed by atoms with Crippen molar-refractivity contribution in [2.75, 3.05) is 0 Å². The highest BCUT2D eigenvalue weighted by Gasteiger charge is 2.27. The lowest BCUT2D eigenvalue weighted by Crippen LogP contribution is -2.18. The van der Waals surface area contributed by atoms with Gasteiger partial charge in [-0.15, -0.1) is 0 Å². The molecule has 0 heterocycles. The first-order valence-electron chi connectivity index (χ1n) is 3.06. The number of carbonyl (C=O) groups excluding carboxylic acids is 1. The second-order valence-corrected chi connectivity index (χ2v) is 2.28. The fraction of sp³-hybridized carbons (Fsp3) is 0.833. The van der Waals surface area contributed by atoms with E-state index in [4.69, 9.17) is 0 Å². The van der Waals surface area contributed by atoms with Gasteiger partial charge >= 0.3 is 5.97 Å². The highest BCUT2D eigenvalue weighted by atomic mass is 16.6. The van der Waals surface area contributed by atoms with Crippen LogP contribution in [-0.2, 0) is 14.6 Å². The fourth-order valence-electron chi connectivity index (χ4n) is 0.446. The van der Waals surface area contributed by atoms with Gasteiger partial charge in [-0.1, -0.05) is 0 Å². The molecule has 51 valence electrons. The third kappa shape index (κ3) is 2.01. The molecule has 9 heavy (non-hydrogen) atoms. The van der Waals surface area contributed by atoms with Gasteiger partial charge in [0, 0.05) is 0 Å². The summed E-state index contributed by atoms with van der Waals surface area (Å²) in [6.45, 7) is 1.30. The Hall–Kier alpha value is -0.570. The van der Waals surface area contributed by atoms with Crippen LogP contribution in [0.2, 0.25) is 0 Å². The van der Waals surface area contributed by atoms with Crippen molar-refractivity contribution >= 4 is 5.97 Å². The smallest absolute Gasteiger partial charge is 0.338 e. The molecule has 0 bridgehead atoms. The minimum absolute atomic E-state index is 0.0638. The van der Waals surface area contributed by atoms with Crippen LogP contribution in [0, 0.1) is 0 Å². The summed E-state index contributed by atoms with van der Waals surface area (Å²) in [5, 5.41) is 10.3. The van der Waals surface area contributed by atoms with Crippen LogP contribution in [-0.4, -0.2) is 18.2 Å². The average Bonchev–Trinajstić information content (AvgIpc) is 2.50. The standard InChI is InChI=1S/C6H9O3/c1-4(7)6(8)9-5-2-3-5/h4-5H,2-3H2,1H3. The van der Waals surface area contributed by atoms with Crippen LogP contribution < -0.4 is 0 Å². The highest BCUT2D eigenvalue weighted by molar-refractivity contribution is 5.74. The van der Waals surface area contributed by atoms with E-state index >= 15 is 0 Å². The highest BCUT2D eigenvalue weighted by Crippen LogP contribution is 2.23. The van der Waals surface area contributed by atoms with Gasteiger partial charge in [0.05, 0.1) is 0 Å². The topological polar surface area (TPSA) is 46.2 Å². The fourth-order valence-corrected chi connectivity index (χ4v) is 0.446. The molecule has 0 aliphatic heterocycles. The molecule has 3 heteroatoms. The summed E-state index contributed by atoms with van der Waals surface area (Å²) in [4.78, 5) is 10.5. The molecule has 0 aromatic heterocycles. The Labute approximate surface area is 53.6 Å². The van der Waals surface area contributed by atoms with E-state index in [1.165, 1.54) is 6.92 Å². The number of rotatable bonds is 2. The van der Waals surface area contributed by atoms with Crippen molar-refractivity contribution in [3.8, 4) is 0 Å². The number of esters is 1. The maximum absolute atomic E-state index is 10.5. The van der Waals surface area contributed by atoms with Crippen molar-refractivity contribution in [2.24, 2.45) is 0 Å². The third-order valence-electron chi connectivity index (χ3n) is 1.14. The molecule has 3 nitrogen and oxygen atoms in total. The molecule has 1 atom stereocenters. The molecular weight excluding hydrogens is 120 g/mol. The first-order valence-corrected chi connectivity index (χ1v) is 3.06. The van der Waals surface area contributed by atoms with Gasteiger partial charge in [-0.2, -0.15) is 0 Å². The zero-order chi connectivity index (χ0) is 6.85. The van der Waals surface area contributed by atoms with Crippen LogP contribution in [0.25, 0.3) is 0 Å². The third-order valence-corrected chi connectivity index (χ3v) is 1.14. The molecule has 1 radical (unpaired) electrons. The van der Waals surface area contributed by atoms with Gasteiger partial charge < -0.3 is 4.74 Å². The van der Waals surface area contributed by atoms with Crippen LogP contribution in [0.4, 0.5) is 0 Å². The van der Waals surface area contributed by atoms with E-state index in [9.17, 15) is 9.90 Å². The van der Waals surface area contributed by atoms with E-state index in [1.807, 2.05) is 0 Å². The summed E-state index contributed by atoms with van der Waals surface area (Å²) in [5.41, 5.74) is 0. The zero-order valence-corrected chi connectivity index (χ0v) is 5.29. The minimum Gasteiger partial charge on any atom is -0.460 e. The van der Waals surface area contributed by atoms with Crippen molar-refractivity contribution in [3.63, 3.8) is 0 Å². The molecule has 1 rings (SSSR count). The molecule has 0 aromatic rings. The van der Waals surface area contributed by atoms with Gasteiger partial charge in [0.1, 0.15) is 6.10 Å². The van der Waals surface area contributed by atoms with E-state index < -0.39 is 12.1 Å². The van der Waals surface area contributed by atoms with E-state index in [-0.39, 0.29) is 6.10 Å². The molecule has 1 fully saturated rings. The summed E-state index contributed by atoms with van der Waals surface area (Å²) in [6, 6.07) is 0. The van der Waals surface area contributed by atoms with Gasteiger partial charge in [0.2, 0.25) is 0 Å². The Bertz CT molecular complexity index is 115. The molecule has 1 saturated carbocycles. The van der Waals surface area contributed by atoms with Gasteiger partial charge in [-0.05, 0) is 19.8 Å². The Morgan fingerprint density at radius 3 is 2.56 bits per heavy atom. The lowest BCUT2D eigenvalue weighted by Gasteiger charge is -2.01. The zero-order valence-electron chi connectivity index (χ0n) is 5.29. The first kappa shape index (κ1) is 6.55. The van der Waals surface area contributed by atoms with E-state index in [1.54, 1.807) is 0 Å². The molecule has 0 spiro atoms. The van der Waals surface area contributed by atoms with Crippen LogP contribution >= 0.6 is 0 Å². The lowest BCUT2D eigenvalue weighted by atomic mass is 10.4. The van der Waals surface area contributed by atoms with Crippen LogP contribution in [0.5, 0.6) is 0 Å². The van der Waals surface area contributed by atoms with Crippen molar-refractivity contribution in [3.05, 3.63) is 0 Å². The Morgan fingerprint density at radius 2 is 2.22 bits per heavy atom. The van der Waals surface area contributed by atoms with Crippen molar-refractivity contribution in [1.29, 1.82) is 0 Å². The van der Waals surface area contributed by atoms with Gasteiger partial charge in [0.25, 0.3) is 0 Å². The van der Waals surface area contributed by atoms with Gasteiger partial charge in [-0.3, -0.25) is 0 Å². The number of ether oxygens (including phenoxy) is 1. The van der Waals surface area contributed by atoms with Crippen molar-refractivity contribution < 1.29 is 14.6 Å². The predicted molar refractivity (Wildman–Crippen MR) is 29.3 cm³/mol. The monoisotopic (exact) mass is 129 g/mol. The predicted octanol–water partition coefficient (Wildman–Crippen LogP) is 0.511. The summed E-state index contributed by atoms with van der Waals surface area (Å²) in [7, 11) is 0. The molecule has 0 N–H and O–H groups in total. The largest absolute Gasteiger partial charge is 0.460 e. The molecule has 0 saturated heterocycles. The second kappa shape index (κ2) is 2.35. The van der Waals surface area contributed by atoms with Crippen molar-refractivity contribution in [1.82, 2.24) is 0 Å². The number of hydrogen-bond acceptors (Lipinski definition) is 2. The van der Waals surface area contributed by atoms with Gasteiger partial charge in [-0.25, -0.2) is 9.90 Å². The number of hydrogen-bond donors (Lipinski definition) is 0. The SMILES string of the molecule is CC([O])C(=O)OC1CC1. The Kier molecular flexibility index (Phi) is 1.71. The lowest BCUT2D eigenvalue weighted by molar-refractivity contribution is -0.157. The maximum Gasteiger partial charge on any atom is 0.338 e. The van der Waals surface area contributed by atoms with Crippen molar-refractivity contribution in [2.45, 2.75) is 32.0 Å². The van der Waals surface area contributed by atoms with E-state index in [2.05, 4.69) is 4.74 Å². The molecule has 1 aliphatic carbocycles. The molecule has 1 aliphatic rings. The average molecular weight is 129 g/mol. The molecular formula is C6H9O3. The first-order chi connectivity index (χ1) is 4.20. The van der Waals surface area contributed by atoms with E-state index in [0.717, 1.165) is 12.8 Å². The van der Waals surface area contributed by atoms with Crippen LogP contribution in [0.1, 0.15) is 19.8 Å². The normalized spacial score (nSPS) is 21.1. The maximum atomic E-state index is 10.5. The summed E-state index contributed by atoms with van der Waals surface area (Å²) in [5.74, 6) is -0.613. The second-order valence-electron chi connectivity index (χ2n) is 2.28. The molecule has 1 unspecified atom stereocenters. The summed E-state index contributed by atoms with van der Waals surface area (Å²) in [6.07, 6.45) is 0.705. The van der Waals surface area contributed by atoms with Crippen LogP contribution in [0.15, 0.2) is 0 Å². The summed E-state index contributed by atoms with van der Waals surface area (Å²) >= 11 is 0. The van der Waals surface area contributed by atoms with Gasteiger partial charge in [0.15, 0.2) is 6.10 Å². The van der Waals surface area contributed by atoms with E-state index in [0.29, 0.717) is 0 Å². The Balaban J connectivity index is 2.17. The minimum atomic E-state index is -1.22.